The van der Waals surface area contributed by atoms with E-state index in [1.165, 1.54) is 0 Å². The molecule has 1 aromatic carbocycles. The first-order chi connectivity index (χ1) is 8.77. The fourth-order valence-electron chi connectivity index (χ4n) is 1.71. The fourth-order valence-corrected chi connectivity index (χ4v) is 1.71. The number of amides is 1. The second kappa shape index (κ2) is 4.48. The summed E-state index contributed by atoms with van der Waals surface area (Å²) >= 11 is 0. The zero-order chi connectivity index (χ0) is 14.3. The Balaban J connectivity index is 2.26. The van der Waals surface area contributed by atoms with Crippen molar-refractivity contribution in [3.8, 4) is 0 Å². The van der Waals surface area contributed by atoms with Crippen LogP contribution < -0.4 is 11.1 Å². The summed E-state index contributed by atoms with van der Waals surface area (Å²) in [5, 5.41) is 2.48. The Morgan fingerprint density at radius 1 is 1.37 bits per heavy atom. The molecule has 19 heavy (non-hydrogen) atoms. The minimum Gasteiger partial charge on any atom is -0.345 e. The Hall–Kier alpha value is -1.63. The molecule has 3 nitrogen and oxygen atoms in total. The highest BCUT2D eigenvalue weighted by Gasteiger charge is 2.43. The highest BCUT2D eigenvalue weighted by atomic mass is 19.4. The Kier molecular flexibility index (Phi) is 3.25. The van der Waals surface area contributed by atoms with E-state index in [4.69, 9.17) is 5.73 Å². The molecule has 0 radical (unpaired) electrons. The summed E-state index contributed by atoms with van der Waals surface area (Å²) in [5.41, 5.74) is 3.18. The van der Waals surface area contributed by atoms with E-state index in [0.29, 0.717) is 31.0 Å². The predicted molar refractivity (Wildman–Crippen MR) is 59.9 cm³/mol. The van der Waals surface area contributed by atoms with Gasteiger partial charge in [0.15, 0.2) is 0 Å². The van der Waals surface area contributed by atoms with Crippen molar-refractivity contribution in [2.24, 2.45) is 5.73 Å². The summed E-state index contributed by atoms with van der Waals surface area (Å²) in [5.74, 6) is -1.86. The lowest BCUT2D eigenvalue weighted by Crippen LogP contribution is -2.42. The minimum absolute atomic E-state index is 0.180. The molecule has 1 saturated carbocycles. The van der Waals surface area contributed by atoms with E-state index in [9.17, 15) is 22.4 Å². The molecule has 0 heterocycles. The Morgan fingerprint density at radius 2 is 2.00 bits per heavy atom. The van der Waals surface area contributed by atoms with Crippen molar-refractivity contribution >= 4 is 5.91 Å². The van der Waals surface area contributed by atoms with Gasteiger partial charge in [0.05, 0.1) is 16.7 Å². The van der Waals surface area contributed by atoms with E-state index in [1.54, 1.807) is 0 Å². The van der Waals surface area contributed by atoms with Gasteiger partial charge in [-0.2, -0.15) is 13.2 Å². The van der Waals surface area contributed by atoms with Crippen molar-refractivity contribution in [3.05, 3.63) is 35.1 Å². The molecule has 0 bridgehead atoms. The average molecular weight is 276 g/mol. The Labute approximate surface area is 106 Å². The molecule has 1 aromatic rings. The van der Waals surface area contributed by atoms with E-state index in [-0.39, 0.29) is 6.54 Å². The van der Waals surface area contributed by atoms with Crippen LogP contribution in [-0.2, 0) is 6.18 Å². The number of rotatable bonds is 3. The van der Waals surface area contributed by atoms with E-state index in [0.717, 1.165) is 0 Å². The minimum atomic E-state index is -4.62. The number of alkyl halides is 3. The molecule has 0 saturated heterocycles. The van der Waals surface area contributed by atoms with Gasteiger partial charge in [0.25, 0.3) is 5.91 Å². The van der Waals surface area contributed by atoms with E-state index in [2.05, 4.69) is 5.32 Å². The van der Waals surface area contributed by atoms with Crippen LogP contribution in [0.1, 0.15) is 28.8 Å². The summed E-state index contributed by atoms with van der Waals surface area (Å²) in [6.07, 6.45) is -3.32. The molecular weight excluding hydrogens is 264 g/mol. The van der Waals surface area contributed by atoms with Gasteiger partial charge in [-0.1, -0.05) is 0 Å². The van der Waals surface area contributed by atoms with Crippen molar-refractivity contribution in [1.29, 1.82) is 0 Å². The number of carbonyl (C=O) groups is 1. The predicted octanol–water partition coefficient (Wildman–Crippen LogP) is 2.07. The number of nitrogens with one attached hydrogen (secondary N) is 1. The molecule has 1 fully saturated rings. The van der Waals surface area contributed by atoms with Crippen LogP contribution in [0.2, 0.25) is 0 Å². The van der Waals surface area contributed by atoms with Crippen molar-refractivity contribution in [1.82, 2.24) is 5.32 Å². The Bertz CT molecular complexity index is 509. The van der Waals surface area contributed by atoms with E-state index in [1.807, 2.05) is 0 Å². The van der Waals surface area contributed by atoms with Gasteiger partial charge in [-0.15, -0.1) is 0 Å². The van der Waals surface area contributed by atoms with Crippen molar-refractivity contribution in [2.75, 3.05) is 6.54 Å². The molecule has 7 heteroatoms. The molecule has 1 amide bonds. The first-order valence-electron chi connectivity index (χ1n) is 5.67. The molecule has 1 aliphatic carbocycles. The first kappa shape index (κ1) is 13.8. The highest BCUT2D eigenvalue weighted by Crippen LogP contribution is 2.35. The third-order valence-corrected chi connectivity index (χ3v) is 3.16. The van der Waals surface area contributed by atoms with Gasteiger partial charge in [-0.05, 0) is 31.0 Å². The second-order valence-electron chi connectivity index (χ2n) is 4.63. The van der Waals surface area contributed by atoms with Crippen LogP contribution in [0.3, 0.4) is 0 Å². The topological polar surface area (TPSA) is 55.1 Å². The quantitative estimate of drug-likeness (QED) is 0.830. The molecule has 0 aromatic heterocycles. The molecule has 104 valence electrons. The number of hydrogen-bond acceptors (Lipinski definition) is 2. The zero-order valence-corrected chi connectivity index (χ0v) is 9.85. The summed E-state index contributed by atoms with van der Waals surface area (Å²) < 4.78 is 51.0. The third-order valence-electron chi connectivity index (χ3n) is 3.16. The monoisotopic (exact) mass is 276 g/mol. The number of carbonyl (C=O) groups excluding carboxylic acids is 1. The number of nitrogens with two attached hydrogens (primary N) is 1. The van der Waals surface area contributed by atoms with Gasteiger partial charge >= 0.3 is 6.18 Å². The van der Waals surface area contributed by atoms with Gasteiger partial charge in [0, 0.05) is 6.54 Å². The Morgan fingerprint density at radius 3 is 2.47 bits per heavy atom. The van der Waals surface area contributed by atoms with Gasteiger partial charge in [0.2, 0.25) is 0 Å². The molecule has 1 aliphatic rings. The largest absolute Gasteiger partial charge is 0.416 e. The van der Waals surface area contributed by atoms with Gasteiger partial charge < -0.3 is 11.1 Å². The average Bonchev–Trinajstić information content (AvgIpc) is 3.08. The van der Waals surface area contributed by atoms with E-state index < -0.39 is 34.6 Å². The van der Waals surface area contributed by atoms with Crippen molar-refractivity contribution < 1.29 is 22.4 Å². The van der Waals surface area contributed by atoms with Crippen LogP contribution in [-0.4, -0.2) is 18.0 Å². The molecule has 0 atom stereocenters. The summed E-state index contributed by atoms with van der Waals surface area (Å²) in [6.45, 7) is 0.180. The summed E-state index contributed by atoms with van der Waals surface area (Å²) in [7, 11) is 0. The number of hydrogen-bond donors (Lipinski definition) is 2. The normalized spacial score (nSPS) is 17.1. The lowest BCUT2D eigenvalue weighted by atomic mass is 10.1. The lowest BCUT2D eigenvalue weighted by molar-refractivity contribution is -0.137. The fraction of sp³-hybridized carbons (Fsp3) is 0.417. The molecule has 3 N–H and O–H groups in total. The third kappa shape index (κ3) is 2.86. The van der Waals surface area contributed by atoms with Crippen LogP contribution in [0.15, 0.2) is 18.2 Å². The lowest BCUT2D eigenvalue weighted by Gasteiger charge is -2.16. The summed E-state index contributed by atoms with van der Waals surface area (Å²) in [4.78, 5) is 11.8. The van der Waals surface area contributed by atoms with Crippen molar-refractivity contribution in [2.45, 2.75) is 24.6 Å². The van der Waals surface area contributed by atoms with Gasteiger partial charge in [0.1, 0.15) is 5.82 Å². The van der Waals surface area contributed by atoms with Crippen LogP contribution in [0, 0.1) is 5.82 Å². The maximum atomic E-state index is 13.4. The van der Waals surface area contributed by atoms with Gasteiger partial charge in [-0.25, -0.2) is 4.39 Å². The van der Waals surface area contributed by atoms with E-state index >= 15 is 0 Å². The van der Waals surface area contributed by atoms with Crippen LogP contribution >= 0.6 is 0 Å². The SMILES string of the molecule is NCC1(NC(=O)c2cc(C(F)(F)F)ccc2F)CC1. The maximum Gasteiger partial charge on any atom is 0.416 e. The summed E-state index contributed by atoms with van der Waals surface area (Å²) in [6, 6.07) is 1.75. The number of benzene rings is 1. The van der Waals surface area contributed by atoms with Crippen LogP contribution in [0.4, 0.5) is 17.6 Å². The smallest absolute Gasteiger partial charge is 0.345 e. The van der Waals surface area contributed by atoms with Crippen molar-refractivity contribution in [3.63, 3.8) is 0 Å². The van der Waals surface area contributed by atoms with Crippen LogP contribution in [0.25, 0.3) is 0 Å². The molecule has 0 spiro atoms. The van der Waals surface area contributed by atoms with Gasteiger partial charge in [-0.3, -0.25) is 4.79 Å². The van der Waals surface area contributed by atoms with Crippen LogP contribution in [0.5, 0.6) is 0 Å². The molecule has 2 rings (SSSR count). The number of halogens is 4. The second-order valence-corrected chi connectivity index (χ2v) is 4.63. The molecule has 0 aliphatic heterocycles. The molecule has 0 unspecified atom stereocenters. The first-order valence-corrected chi connectivity index (χ1v) is 5.67. The highest BCUT2D eigenvalue weighted by molar-refractivity contribution is 5.95. The zero-order valence-electron chi connectivity index (χ0n) is 9.85. The molecular formula is C12H12F4N2O. The standard InChI is InChI=1S/C12H12F4N2O/c13-9-2-1-7(12(14,15)16)5-8(9)10(19)18-11(6-17)3-4-11/h1-2,5H,3-4,6,17H2,(H,18,19). The maximum absolute atomic E-state index is 13.4.